The van der Waals surface area contributed by atoms with Gasteiger partial charge in [0.1, 0.15) is 5.75 Å². The van der Waals surface area contributed by atoms with Crippen molar-refractivity contribution in [3.63, 3.8) is 0 Å². The Hall–Kier alpha value is -2.09. The third-order valence-corrected chi connectivity index (χ3v) is 5.64. The zero-order chi connectivity index (χ0) is 20.2. The Balaban J connectivity index is 2.02. The lowest BCUT2D eigenvalue weighted by Gasteiger charge is -2.42. The van der Waals surface area contributed by atoms with E-state index in [-0.39, 0.29) is 39.8 Å². The molecule has 1 aliphatic carbocycles. The highest BCUT2D eigenvalue weighted by Crippen LogP contribution is 2.52. The number of hydrazone groups is 1. The zero-order valence-electron chi connectivity index (χ0n) is 15.4. The number of halogens is 3. The summed E-state index contributed by atoms with van der Waals surface area (Å²) in [4.78, 5) is 12.7. The van der Waals surface area contributed by atoms with Crippen LogP contribution in [0.4, 0.5) is 13.2 Å². The van der Waals surface area contributed by atoms with Gasteiger partial charge in [-0.3, -0.25) is 4.79 Å². The summed E-state index contributed by atoms with van der Waals surface area (Å²) < 4.78 is 41.9. The Labute approximate surface area is 155 Å². The van der Waals surface area contributed by atoms with Crippen LogP contribution in [-0.2, 0) is 0 Å². The van der Waals surface area contributed by atoms with Crippen LogP contribution >= 0.6 is 0 Å². The van der Waals surface area contributed by atoms with Crippen molar-refractivity contribution in [2.45, 2.75) is 51.9 Å². The second-order valence-corrected chi connectivity index (χ2v) is 8.37. The van der Waals surface area contributed by atoms with Crippen LogP contribution in [0.2, 0.25) is 0 Å². The van der Waals surface area contributed by atoms with Gasteiger partial charge in [0.25, 0.3) is 11.6 Å². The number of alkyl halides is 3. The maximum absolute atomic E-state index is 14.0. The van der Waals surface area contributed by atoms with Gasteiger partial charge < -0.3 is 10.2 Å². The molecule has 0 spiro atoms. The molecule has 3 atom stereocenters. The molecule has 0 saturated heterocycles. The first-order chi connectivity index (χ1) is 12.4. The highest BCUT2D eigenvalue weighted by atomic mass is 19.4. The zero-order valence-corrected chi connectivity index (χ0v) is 15.4. The fourth-order valence-corrected chi connectivity index (χ4v) is 3.97. The van der Waals surface area contributed by atoms with Gasteiger partial charge in [-0.15, -0.1) is 0 Å². The SMILES string of the molecule is CC(C)(C)[C@@H]1CCC2=NN(C(=O)c3cccc(O)c3)[C@@](O)(C(F)(F)F)[C@@H]2C1. The predicted molar refractivity (Wildman–Crippen MR) is 93.0 cm³/mol. The Bertz CT molecular complexity index is 785. The number of aromatic hydroxyl groups is 1. The highest BCUT2D eigenvalue weighted by molar-refractivity contribution is 5.99. The van der Waals surface area contributed by atoms with E-state index in [4.69, 9.17) is 0 Å². The van der Waals surface area contributed by atoms with Crippen LogP contribution in [0.3, 0.4) is 0 Å². The second kappa shape index (κ2) is 6.22. The van der Waals surface area contributed by atoms with Crippen molar-refractivity contribution < 1.29 is 28.2 Å². The number of amides is 1. The molecule has 1 amide bonds. The highest BCUT2D eigenvalue weighted by Gasteiger charge is 2.69. The Morgan fingerprint density at radius 3 is 2.52 bits per heavy atom. The number of carbonyl (C=O) groups excluding carboxylic acids is 1. The number of carbonyl (C=O) groups is 1. The van der Waals surface area contributed by atoms with Gasteiger partial charge in [0.05, 0.1) is 5.92 Å². The minimum Gasteiger partial charge on any atom is -0.508 e. The van der Waals surface area contributed by atoms with Crippen LogP contribution in [-0.4, -0.2) is 38.7 Å². The van der Waals surface area contributed by atoms with E-state index >= 15 is 0 Å². The Kier molecular flexibility index (Phi) is 4.53. The second-order valence-electron chi connectivity index (χ2n) is 8.37. The number of fused-ring (bicyclic) bond motifs is 1. The average molecular weight is 384 g/mol. The van der Waals surface area contributed by atoms with Crippen molar-refractivity contribution in [1.29, 1.82) is 0 Å². The minimum absolute atomic E-state index is 0.0360. The van der Waals surface area contributed by atoms with Crippen LogP contribution in [0.15, 0.2) is 29.4 Å². The monoisotopic (exact) mass is 384 g/mol. The largest absolute Gasteiger partial charge is 0.508 e. The number of benzene rings is 1. The van der Waals surface area contributed by atoms with E-state index in [0.29, 0.717) is 12.8 Å². The van der Waals surface area contributed by atoms with Gasteiger partial charge in [-0.25, -0.2) is 0 Å². The molecule has 1 aromatic carbocycles. The molecule has 0 bridgehead atoms. The number of phenols is 1. The van der Waals surface area contributed by atoms with E-state index < -0.39 is 23.7 Å². The maximum atomic E-state index is 14.0. The molecular weight excluding hydrogens is 361 g/mol. The van der Waals surface area contributed by atoms with Crippen molar-refractivity contribution >= 4 is 11.6 Å². The third-order valence-electron chi connectivity index (χ3n) is 5.64. The summed E-state index contributed by atoms with van der Waals surface area (Å²) in [7, 11) is 0. The number of hydrogen-bond donors (Lipinski definition) is 2. The molecule has 1 heterocycles. The molecule has 148 valence electrons. The number of hydrogen-bond acceptors (Lipinski definition) is 4. The Morgan fingerprint density at radius 2 is 1.96 bits per heavy atom. The smallest absolute Gasteiger partial charge is 0.439 e. The van der Waals surface area contributed by atoms with E-state index in [2.05, 4.69) is 5.10 Å². The van der Waals surface area contributed by atoms with Gasteiger partial charge in [0, 0.05) is 11.3 Å². The first-order valence-corrected chi connectivity index (χ1v) is 8.85. The topological polar surface area (TPSA) is 73.1 Å². The first-order valence-electron chi connectivity index (χ1n) is 8.85. The molecule has 2 N–H and O–H groups in total. The number of aliphatic hydroxyl groups is 1. The Morgan fingerprint density at radius 1 is 1.30 bits per heavy atom. The molecule has 3 rings (SSSR count). The van der Waals surface area contributed by atoms with Crippen molar-refractivity contribution in [2.75, 3.05) is 0 Å². The van der Waals surface area contributed by atoms with Crippen LogP contribution < -0.4 is 0 Å². The van der Waals surface area contributed by atoms with E-state index in [1.54, 1.807) is 0 Å². The number of nitrogens with zero attached hydrogens (tertiary/aromatic N) is 2. The van der Waals surface area contributed by atoms with Gasteiger partial charge >= 0.3 is 6.18 Å². The predicted octanol–water partition coefficient (Wildman–Crippen LogP) is 3.92. The first kappa shape index (κ1) is 19.7. The molecule has 1 aliphatic heterocycles. The average Bonchev–Trinajstić information content (AvgIpc) is 2.87. The summed E-state index contributed by atoms with van der Waals surface area (Å²) in [6, 6.07) is 4.98. The molecule has 1 fully saturated rings. The molecule has 2 aliphatic rings. The van der Waals surface area contributed by atoms with Crippen LogP contribution in [0.1, 0.15) is 50.4 Å². The van der Waals surface area contributed by atoms with E-state index in [9.17, 15) is 28.2 Å². The fraction of sp³-hybridized carbons (Fsp3) is 0.579. The molecule has 27 heavy (non-hydrogen) atoms. The van der Waals surface area contributed by atoms with Crippen LogP contribution in [0.5, 0.6) is 5.75 Å². The van der Waals surface area contributed by atoms with Crippen molar-refractivity contribution in [1.82, 2.24) is 5.01 Å². The standard InChI is InChI=1S/C19H23F3N2O3/c1-17(2,3)12-7-8-15-14(10-12)18(27,19(20,21)22)24(23-15)16(26)11-5-4-6-13(25)9-11/h4-6,9,12,14,25,27H,7-8,10H2,1-3H3/t12-,14-,18+/m1/s1. The normalized spacial score (nSPS) is 28.7. The minimum atomic E-state index is -5.07. The molecule has 0 radical (unpaired) electrons. The van der Waals surface area contributed by atoms with E-state index in [0.717, 1.165) is 6.07 Å². The van der Waals surface area contributed by atoms with Crippen molar-refractivity contribution in [2.24, 2.45) is 22.4 Å². The molecule has 1 aromatic rings. The summed E-state index contributed by atoms with van der Waals surface area (Å²) in [5.74, 6) is -2.68. The van der Waals surface area contributed by atoms with Crippen LogP contribution in [0, 0.1) is 17.3 Å². The molecular formula is C19H23F3N2O3. The molecule has 0 unspecified atom stereocenters. The van der Waals surface area contributed by atoms with Crippen molar-refractivity contribution in [3.8, 4) is 5.75 Å². The molecule has 0 aromatic heterocycles. The molecule has 5 nitrogen and oxygen atoms in total. The van der Waals surface area contributed by atoms with Gasteiger partial charge in [-0.1, -0.05) is 26.8 Å². The number of phenolic OH excluding ortho intramolecular Hbond substituents is 1. The lowest BCUT2D eigenvalue weighted by molar-refractivity contribution is -0.314. The quantitative estimate of drug-likeness (QED) is 0.771. The molecule has 1 saturated carbocycles. The lowest BCUT2D eigenvalue weighted by atomic mass is 9.66. The summed E-state index contributed by atoms with van der Waals surface area (Å²) in [5.41, 5.74) is -3.59. The molecule has 8 heteroatoms. The summed E-state index contributed by atoms with van der Waals surface area (Å²) in [6.45, 7) is 5.87. The van der Waals surface area contributed by atoms with Gasteiger partial charge in [0.15, 0.2) is 0 Å². The summed E-state index contributed by atoms with van der Waals surface area (Å²) in [5, 5.41) is 24.4. The van der Waals surface area contributed by atoms with Gasteiger partial charge in [-0.05, 0) is 48.8 Å². The van der Waals surface area contributed by atoms with E-state index in [1.807, 2.05) is 20.8 Å². The fourth-order valence-electron chi connectivity index (χ4n) is 3.97. The maximum Gasteiger partial charge on any atom is 0.439 e. The summed E-state index contributed by atoms with van der Waals surface area (Å²) >= 11 is 0. The van der Waals surface area contributed by atoms with Gasteiger partial charge in [0.2, 0.25) is 0 Å². The van der Waals surface area contributed by atoms with Gasteiger partial charge in [-0.2, -0.15) is 23.3 Å². The summed E-state index contributed by atoms with van der Waals surface area (Å²) in [6.07, 6.45) is -4.02. The van der Waals surface area contributed by atoms with E-state index in [1.165, 1.54) is 18.2 Å². The number of rotatable bonds is 1. The van der Waals surface area contributed by atoms with Crippen LogP contribution in [0.25, 0.3) is 0 Å². The third kappa shape index (κ3) is 3.20. The van der Waals surface area contributed by atoms with Crippen molar-refractivity contribution in [3.05, 3.63) is 29.8 Å². The lowest BCUT2D eigenvalue weighted by Crippen LogP contribution is -2.62.